The largest absolute Gasteiger partial charge is 0.334 e. The summed E-state index contributed by atoms with van der Waals surface area (Å²) in [6, 6.07) is 8.04. The Morgan fingerprint density at radius 1 is 1.14 bits per heavy atom. The zero-order valence-corrected chi connectivity index (χ0v) is 13.6. The van der Waals surface area contributed by atoms with Crippen LogP contribution in [0.4, 0.5) is 0 Å². The third-order valence-electron chi connectivity index (χ3n) is 4.54. The van der Waals surface area contributed by atoms with E-state index in [0.717, 1.165) is 42.9 Å². The first-order valence-electron chi connectivity index (χ1n) is 7.86. The molecule has 1 aromatic heterocycles. The standard InChI is InChI=1S/C17H24N4O/c1-4-14(2)21-16-8-6-5-7-15(16)20(17(21)22)13-19-11-9-18(3)10-12-19/h4-8H,9-13H2,1-3H3/b14-4+. The molecule has 2 aromatic rings. The van der Waals surface area contributed by atoms with E-state index in [-0.39, 0.29) is 5.69 Å². The highest BCUT2D eigenvalue weighted by molar-refractivity contribution is 5.79. The molecule has 1 aromatic carbocycles. The molecule has 1 saturated heterocycles. The average Bonchev–Trinajstić information content (AvgIpc) is 2.81. The number of hydrogen-bond donors (Lipinski definition) is 0. The van der Waals surface area contributed by atoms with Crippen molar-refractivity contribution in [1.82, 2.24) is 18.9 Å². The first kappa shape index (κ1) is 15.1. The van der Waals surface area contributed by atoms with Gasteiger partial charge in [0.15, 0.2) is 0 Å². The maximum Gasteiger partial charge on any atom is 0.334 e. The fourth-order valence-electron chi connectivity index (χ4n) is 3.00. The van der Waals surface area contributed by atoms with Crippen LogP contribution in [0.1, 0.15) is 13.8 Å². The minimum atomic E-state index is 0.0516. The van der Waals surface area contributed by atoms with E-state index in [1.807, 2.05) is 53.3 Å². The number of allylic oxidation sites excluding steroid dienone is 2. The Balaban J connectivity index is 2.03. The third kappa shape index (κ3) is 2.62. The highest BCUT2D eigenvalue weighted by Gasteiger charge is 2.18. The molecular formula is C17H24N4O. The molecule has 22 heavy (non-hydrogen) atoms. The molecular weight excluding hydrogens is 276 g/mol. The summed E-state index contributed by atoms with van der Waals surface area (Å²) >= 11 is 0. The molecule has 3 rings (SSSR count). The molecule has 0 N–H and O–H groups in total. The second-order valence-corrected chi connectivity index (χ2v) is 6.03. The van der Waals surface area contributed by atoms with Crippen LogP contribution in [0.2, 0.25) is 0 Å². The highest BCUT2D eigenvalue weighted by Crippen LogP contribution is 2.17. The third-order valence-corrected chi connectivity index (χ3v) is 4.54. The van der Waals surface area contributed by atoms with Crippen molar-refractivity contribution in [2.45, 2.75) is 20.5 Å². The van der Waals surface area contributed by atoms with E-state index >= 15 is 0 Å². The molecule has 2 heterocycles. The number of imidazole rings is 1. The highest BCUT2D eigenvalue weighted by atomic mass is 16.1. The quantitative estimate of drug-likeness (QED) is 0.868. The molecule has 0 amide bonds. The lowest BCUT2D eigenvalue weighted by molar-refractivity contribution is 0.125. The van der Waals surface area contributed by atoms with Gasteiger partial charge in [-0.2, -0.15) is 0 Å². The van der Waals surface area contributed by atoms with Crippen LogP contribution in [0, 0.1) is 0 Å². The van der Waals surface area contributed by atoms with Crippen LogP contribution < -0.4 is 5.69 Å². The number of rotatable bonds is 3. The monoisotopic (exact) mass is 300 g/mol. The average molecular weight is 300 g/mol. The normalized spacial score (nSPS) is 18.2. The van der Waals surface area contributed by atoms with Crippen LogP contribution in [-0.4, -0.2) is 52.2 Å². The van der Waals surface area contributed by atoms with E-state index in [1.165, 1.54) is 0 Å². The van der Waals surface area contributed by atoms with Crippen LogP contribution in [-0.2, 0) is 6.67 Å². The number of likely N-dealkylation sites (N-methyl/N-ethyl adjacent to an activating group) is 1. The molecule has 0 spiro atoms. The molecule has 0 bridgehead atoms. The van der Waals surface area contributed by atoms with Crippen molar-refractivity contribution in [1.29, 1.82) is 0 Å². The number of nitrogens with zero attached hydrogens (tertiary/aromatic N) is 4. The predicted molar refractivity (Wildman–Crippen MR) is 90.9 cm³/mol. The van der Waals surface area contributed by atoms with Crippen LogP contribution in [0.3, 0.4) is 0 Å². The van der Waals surface area contributed by atoms with Crippen molar-refractivity contribution in [2.75, 3.05) is 33.2 Å². The summed E-state index contributed by atoms with van der Waals surface area (Å²) in [4.78, 5) is 17.6. The zero-order valence-electron chi connectivity index (χ0n) is 13.6. The van der Waals surface area contributed by atoms with Crippen LogP contribution >= 0.6 is 0 Å². The van der Waals surface area contributed by atoms with Crippen molar-refractivity contribution in [3.05, 3.63) is 40.8 Å². The molecule has 1 fully saturated rings. The maximum atomic E-state index is 12.9. The minimum Gasteiger partial charge on any atom is -0.304 e. The van der Waals surface area contributed by atoms with Gasteiger partial charge < -0.3 is 4.90 Å². The van der Waals surface area contributed by atoms with Gasteiger partial charge in [-0.25, -0.2) is 4.79 Å². The van der Waals surface area contributed by atoms with Gasteiger partial charge in [0.1, 0.15) is 0 Å². The first-order chi connectivity index (χ1) is 10.6. The van der Waals surface area contributed by atoms with E-state index in [2.05, 4.69) is 16.8 Å². The van der Waals surface area contributed by atoms with Gasteiger partial charge in [-0.15, -0.1) is 0 Å². The number of fused-ring (bicyclic) bond motifs is 1. The summed E-state index contributed by atoms with van der Waals surface area (Å²) in [5, 5.41) is 0. The summed E-state index contributed by atoms with van der Waals surface area (Å²) in [6.07, 6.45) is 1.98. The fraction of sp³-hybridized carbons (Fsp3) is 0.471. The maximum absolute atomic E-state index is 12.9. The summed E-state index contributed by atoms with van der Waals surface area (Å²) < 4.78 is 3.71. The summed E-state index contributed by atoms with van der Waals surface area (Å²) in [6.45, 7) is 8.73. The predicted octanol–water partition coefficient (Wildman–Crippen LogP) is 1.89. The van der Waals surface area contributed by atoms with Crippen LogP contribution in [0.25, 0.3) is 16.7 Å². The lowest BCUT2D eigenvalue weighted by atomic mass is 10.3. The summed E-state index contributed by atoms with van der Waals surface area (Å²) in [7, 11) is 2.14. The lowest BCUT2D eigenvalue weighted by Gasteiger charge is -2.32. The van der Waals surface area contributed by atoms with Crippen molar-refractivity contribution >= 4 is 16.7 Å². The van der Waals surface area contributed by atoms with E-state index in [1.54, 1.807) is 0 Å². The molecule has 0 saturated carbocycles. The van der Waals surface area contributed by atoms with E-state index in [4.69, 9.17) is 0 Å². The van der Waals surface area contributed by atoms with Gasteiger partial charge in [0.05, 0.1) is 17.7 Å². The van der Waals surface area contributed by atoms with Crippen molar-refractivity contribution in [3.63, 3.8) is 0 Å². The van der Waals surface area contributed by atoms with Gasteiger partial charge in [-0.3, -0.25) is 14.0 Å². The Hall–Kier alpha value is -1.85. The Bertz CT molecular complexity index is 748. The van der Waals surface area contributed by atoms with Gasteiger partial charge in [-0.1, -0.05) is 18.2 Å². The lowest BCUT2D eigenvalue weighted by Crippen LogP contribution is -2.46. The SMILES string of the molecule is C/C=C(\C)n1c(=O)n(CN2CCN(C)CC2)c2ccccc21. The molecule has 0 atom stereocenters. The van der Waals surface area contributed by atoms with Crippen molar-refractivity contribution < 1.29 is 0 Å². The molecule has 0 aliphatic carbocycles. The molecule has 1 aliphatic rings. The minimum absolute atomic E-state index is 0.0516. The second kappa shape index (κ2) is 6.10. The van der Waals surface area contributed by atoms with Gasteiger partial charge in [-0.05, 0) is 33.0 Å². The summed E-state index contributed by atoms with van der Waals surface area (Å²) in [5.74, 6) is 0. The Morgan fingerprint density at radius 2 is 1.77 bits per heavy atom. The Kier molecular flexibility index (Phi) is 4.18. The zero-order chi connectivity index (χ0) is 15.7. The van der Waals surface area contributed by atoms with Gasteiger partial charge in [0.2, 0.25) is 0 Å². The van der Waals surface area contributed by atoms with Gasteiger partial charge >= 0.3 is 5.69 Å². The first-order valence-corrected chi connectivity index (χ1v) is 7.86. The molecule has 118 valence electrons. The smallest absolute Gasteiger partial charge is 0.304 e. The van der Waals surface area contributed by atoms with Crippen LogP contribution in [0.5, 0.6) is 0 Å². The molecule has 0 radical (unpaired) electrons. The van der Waals surface area contributed by atoms with E-state index in [9.17, 15) is 4.79 Å². The van der Waals surface area contributed by atoms with E-state index < -0.39 is 0 Å². The fourth-order valence-corrected chi connectivity index (χ4v) is 3.00. The van der Waals surface area contributed by atoms with Crippen LogP contribution in [0.15, 0.2) is 35.1 Å². The number of benzene rings is 1. The summed E-state index contributed by atoms with van der Waals surface area (Å²) in [5.41, 5.74) is 3.01. The molecule has 1 aliphatic heterocycles. The Labute approximate surface area is 131 Å². The number of aromatic nitrogens is 2. The van der Waals surface area contributed by atoms with Gasteiger partial charge in [0.25, 0.3) is 0 Å². The number of hydrogen-bond acceptors (Lipinski definition) is 3. The topological polar surface area (TPSA) is 33.4 Å². The Morgan fingerprint density at radius 3 is 2.41 bits per heavy atom. The van der Waals surface area contributed by atoms with Crippen molar-refractivity contribution in [3.8, 4) is 0 Å². The molecule has 5 heteroatoms. The molecule has 0 unspecified atom stereocenters. The van der Waals surface area contributed by atoms with Crippen molar-refractivity contribution in [2.24, 2.45) is 0 Å². The number of piperazine rings is 1. The number of para-hydroxylation sites is 2. The van der Waals surface area contributed by atoms with Gasteiger partial charge in [0, 0.05) is 31.9 Å². The van der Waals surface area contributed by atoms with E-state index in [0.29, 0.717) is 6.67 Å². The second-order valence-electron chi connectivity index (χ2n) is 6.03. The molecule has 5 nitrogen and oxygen atoms in total.